The minimum absolute atomic E-state index is 0.185. The number of allylic oxidation sites excluding steroid dienone is 1. The Balaban J connectivity index is 1.70. The maximum absolute atomic E-state index is 13.5. The van der Waals surface area contributed by atoms with Crippen LogP contribution in [0, 0.1) is 0 Å². The number of para-hydroxylation sites is 2. The first kappa shape index (κ1) is 22.1. The van der Waals surface area contributed by atoms with Gasteiger partial charge in [0, 0.05) is 5.56 Å². The van der Waals surface area contributed by atoms with E-state index in [0.29, 0.717) is 35.5 Å². The van der Waals surface area contributed by atoms with Crippen LogP contribution >= 0.6 is 0 Å². The molecule has 5 heteroatoms. The molecule has 0 atom stereocenters. The van der Waals surface area contributed by atoms with E-state index in [2.05, 4.69) is 11.6 Å². The van der Waals surface area contributed by atoms with Crippen LogP contribution in [0.15, 0.2) is 89.9 Å². The summed E-state index contributed by atoms with van der Waals surface area (Å²) in [5.74, 6) is 1.55. The van der Waals surface area contributed by atoms with Crippen LogP contribution in [-0.2, 0) is 0 Å². The van der Waals surface area contributed by atoms with E-state index in [1.807, 2.05) is 55.5 Å². The number of carbonyl (C=O) groups excluding carboxylic acids is 1. The number of fused-ring (bicyclic) bond motifs is 1. The van der Waals surface area contributed by atoms with Gasteiger partial charge in [-0.05, 0) is 66.6 Å². The molecule has 0 saturated carbocycles. The van der Waals surface area contributed by atoms with Crippen molar-refractivity contribution in [3.63, 3.8) is 0 Å². The molecule has 0 bridgehead atoms. The Labute approximate surface area is 193 Å². The molecule has 0 saturated heterocycles. The number of carbonyl (C=O) groups is 1. The predicted molar refractivity (Wildman–Crippen MR) is 131 cm³/mol. The van der Waals surface area contributed by atoms with E-state index in [1.165, 1.54) is 0 Å². The van der Waals surface area contributed by atoms with E-state index < -0.39 is 0 Å². The van der Waals surface area contributed by atoms with Crippen molar-refractivity contribution >= 4 is 28.5 Å². The van der Waals surface area contributed by atoms with E-state index in [-0.39, 0.29) is 11.7 Å². The summed E-state index contributed by atoms with van der Waals surface area (Å²) in [6.07, 6.45) is 4.39. The number of hydrogen-bond acceptors (Lipinski definition) is 5. The summed E-state index contributed by atoms with van der Waals surface area (Å²) in [4.78, 5) is 18.1. The zero-order chi connectivity index (χ0) is 23.0. The van der Waals surface area contributed by atoms with Gasteiger partial charge in [0.25, 0.3) is 0 Å². The molecule has 4 rings (SSSR count). The Morgan fingerprint density at radius 2 is 1.67 bits per heavy atom. The summed E-state index contributed by atoms with van der Waals surface area (Å²) in [6, 6.07) is 22.0. The fourth-order valence-corrected chi connectivity index (χ4v) is 3.27. The summed E-state index contributed by atoms with van der Waals surface area (Å²) in [5.41, 5.74) is 3.05. The molecule has 0 aliphatic heterocycles. The molecular weight excluding hydrogens is 414 g/mol. The smallest absolute Gasteiger partial charge is 0.231 e. The highest BCUT2D eigenvalue weighted by Crippen LogP contribution is 2.27. The largest absolute Gasteiger partial charge is 0.494 e. The molecule has 3 aromatic carbocycles. The molecule has 0 fully saturated rings. The number of hydrogen-bond donors (Lipinski definition) is 0. The van der Waals surface area contributed by atoms with Crippen molar-refractivity contribution in [3.8, 4) is 11.5 Å². The zero-order valence-electron chi connectivity index (χ0n) is 18.5. The van der Waals surface area contributed by atoms with Crippen molar-refractivity contribution in [1.29, 1.82) is 0 Å². The molecule has 5 nitrogen and oxygen atoms in total. The van der Waals surface area contributed by atoms with Crippen LogP contribution in [0.3, 0.4) is 0 Å². The second-order valence-electron chi connectivity index (χ2n) is 7.42. The average molecular weight is 440 g/mol. The second-order valence-corrected chi connectivity index (χ2v) is 7.42. The molecule has 1 aromatic heterocycles. The van der Waals surface area contributed by atoms with Crippen molar-refractivity contribution in [2.24, 2.45) is 0 Å². The van der Waals surface area contributed by atoms with Gasteiger partial charge >= 0.3 is 0 Å². The quantitative estimate of drug-likeness (QED) is 0.158. The van der Waals surface area contributed by atoms with Gasteiger partial charge in [0.15, 0.2) is 11.4 Å². The highest BCUT2D eigenvalue weighted by atomic mass is 16.5. The molecule has 0 radical (unpaired) electrons. The van der Waals surface area contributed by atoms with Crippen LogP contribution in [0.2, 0.25) is 0 Å². The number of Topliss-reactive ketones (excluding diaryl/α,β-unsaturated/α-hetero) is 1. The van der Waals surface area contributed by atoms with E-state index in [1.54, 1.807) is 36.4 Å². The maximum atomic E-state index is 13.5. The lowest BCUT2D eigenvalue weighted by atomic mass is 10.0. The molecule has 0 amide bonds. The standard InChI is InChI=1S/C28H25NO4/c1-3-17-31-22-13-9-20(10-14-22)19-24(28-29-25-7-5-6-8-26(25)33-28)27(30)21-11-15-23(16-12-21)32-18-4-2/h3,5-16,19H,1,4,17-18H2,2H3. The van der Waals surface area contributed by atoms with E-state index in [9.17, 15) is 4.79 Å². The number of ether oxygens (including phenoxy) is 2. The molecule has 4 aromatic rings. The van der Waals surface area contributed by atoms with Gasteiger partial charge < -0.3 is 13.9 Å². The molecule has 0 N–H and O–H groups in total. The molecule has 0 unspecified atom stereocenters. The van der Waals surface area contributed by atoms with Crippen molar-refractivity contribution in [3.05, 3.63) is 102 Å². The Kier molecular flexibility index (Phi) is 7.00. The van der Waals surface area contributed by atoms with Gasteiger partial charge in [0.05, 0.1) is 12.2 Å². The molecular formula is C28H25NO4. The average Bonchev–Trinajstić information content (AvgIpc) is 3.29. The van der Waals surface area contributed by atoms with Crippen molar-refractivity contribution in [1.82, 2.24) is 4.98 Å². The molecule has 0 aliphatic rings. The van der Waals surface area contributed by atoms with E-state index in [4.69, 9.17) is 13.9 Å². The third kappa shape index (κ3) is 5.39. The summed E-state index contributed by atoms with van der Waals surface area (Å²) in [7, 11) is 0. The number of benzene rings is 3. The van der Waals surface area contributed by atoms with Gasteiger partial charge in [0.2, 0.25) is 5.89 Å². The first-order valence-electron chi connectivity index (χ1n) is 10.9. The third-order valence-corrected chi connectivity index (χ3v) is 4.92. The SMILES string of the molecule is C=CCOc1ccc(C=C(C(=O)c2ccc(OCCC)cc2)c2nc3ccccc3o2)cc1. The van der Waals surface area contributed by atoms with Gasteiger partial charge in [0.1, 0.15) is 23.6 Å². The summed E-state index contributed by atoms with van der Waals surface area (Å²) in [5, 5.41) is 0. The number of ketones is 1. The van der Waals surface area contributed by atoms with Crippen LogP contribution < -0.4 is 9.47 Å². The number of aromatic nitrogens is 1. The first-order chi connectivity index (χ1) is 16.2. The number of rotatable bonds is 10. The van der Waals surface area contributed by atoms with Gasteiger partial charge in [-0.3, -0.25) is 4.79 Å². The lowest BCUT2D eigenvalue weighted by Gasteiger charge is -2.07. The lowest BCUT2D eigenvalue weighted by molar-refractivity contribution is 0.105. The number of oxazole rings is 1. The van der Waals surface area contributed by atoms with E-state index >= 15 is 0 Å². The van der Waals surface area contributed by atoms with Crippen LogP contribution in [0.1, 0.15) is 35.2 Å². The molecule has 0 aliphatic carbocycles. The molecule has 0 spiro atoms. The van der Waals surface area contributed by atoms with Crippen molar-refractivity contribution in [2.45, 2.75) is 13.3 Å². The zero-order valence-corrected chi connectivity index (χ0v) is 18.5. The fourth-order valence-electron chi connectivity index (χ4n) is 3.27. The maximum Gasteiger partial charge on any atom is 0.231 e. The third-order valence-electron chi connectivity index (χ3n) is 4.92. The summed E-state index contributed by atoms with van der Waals surface area (Å²) in [6.45, 7) is 6.77. The predicted octanol–water partition coefficient (Wildman–Crippen LogP) is 6.60. The first-order valence-corrected chi connectivity index (χ1v) is 10.9. The van der Waals surface area contributed by atoms with Crippen LogP contribution in [-0.4, -0.2) is 24.0 Å². The molecule has 1 heterocycles. The monoisotopic (exact) mass is 439 g/mol. The topological polar surface area (TPSA) is 61.6 Å². The summed E-state index contributed by atoms with van der Waals surface area (Å²) < 4.78 is 17.1. The Morgan fingerprint density at radius 3 is 2.36 bits per heavy atom. The van der Waals surface area contributed by atoms with Gasteiger partial charge in [-0.1, -0.05) is 43.8 Å². The second kappa shape index (κ2) is 10.5. The highest BCUT2D eigenvalue weighted by Gasteiger charge is 2.20. The minimum atomic E-state index is -0.185. The fraction of sp³-hybridized carbons (Fsp3) is 0.143. The molecule has 166 valence electrons. The van der Waals surface area contributed by atoms with Crippen molar-refractivity contribution in [2.75, 3.05) is 13.2 Å². The minimum Gasteiger partial charge on any atom is -0.494 e. The molecule has 33 heavy (non-hydrogen) atoms. The lowest BCUT2D eigenvalue weighted by Crippen LogP contribution is -2.04. The van der Waals surface area contributed by atoms with Crippen LogP contribution in [0.5, 0.6) is 11.5 Å². The van der Waals surface area contributed by atoms with E-state index in [0.717, 1.165) is 23.5 Å². The summed E-state index contributed by atoms with van der Waals surface area (Å²) >= 11 is 0. The normalized spacial score (nSPS) is 11.4. The van der Waals surface area contributed by atoms with Gasteiger partial charge in [-0.15, -0.1) is 0 Å². The Bertz CT molecular complexity index is 1230. The van der Waals surface area contributed by atoms with Crippen LogP contribution in [0.4, 0.5) is 0 Å². The van der Waals surface area contributed by atoms with Gasteiger partial charge in [-0.25, -0.2) is 4.98 Å². The number of nitrogens with zero attached hydrogens (tertiary/aromatic N) is 1. The van der Waals surface area contributed by atoms with Crippen LogP contribution in [0.25, 0.3) is 22.7 Å². The highest BCUT2D eigenvalue weighted by molar-refractivity contribution is 6.31. The Hall–Kier alpha value is -4.12. The van der Waals surface area contributed by atoms with Gasteiger partial charge in [-0.2, -0.15) is 0 Å². The van der Waals surface area contributed by atoms with Crippen molar-refractivity contribution < 1.29 is 18.7 Å². The Morgan fingerprint density at radius 1 is 0.970 bits per heavy atom.